The number of aliphatic hydroxyl groups is 1. The lowest BCUT2D eigenvalue weighted by Gasteiger charge is -2.41. The molecule has 2 heteroatoms. The van der Waals surface area contributed by atoms with Gasteiger partial charge in [-0.3, -0.25) is 0 Å². The average Bonchev–Trinajstić information content (AvgIpc) is 2.32. The first-order chi connectivity index (χ1) is 8.90. The molecule has 1 aromatic carbocycles. The number of hydrogen-bond acceptors (Lipinski definition) is 1. The van der Waals surface area contributed by atoms with Crippen molar-refractivity contribution in [1.82, 2.24) is 0 Å². The highest BCUT2D eigenvalue weighted by Gasteiger charge is 2.36. The Morgan fingerprint density at radius 2 is 2.11 bits per heavy atom. The van der Waals surface area contributed by atoms with Gasteiger partial charge in [-0.15, -0.1) is 0 Å². The van der Waals surface area contributed by atoms with Gasteiger partial charge in [0.25, 0.3) is 0 Å². The molecule has 0 spiro atoms. The SMILES string of the molecule is Cc1ccc(CC(O)C2CCCCC2(C)C)c(Cl)c1. The summed E-state index contributed by atoms with van der Waals surface area (Å²) in [6, 6.07) is 6.10. The Labute approximate surface area is 122 Å². The van der Waals surface area contributed by atoms with E-state index < -0.39 is 0 Å². The predicted molar refractivity (Wildman–Crippen MR) is 81.6 cm³/mol. The van der Waals surface area contributed by atoms with E-state index in [2.05, 4.69) is 26.0 Å². The van der Waals surface area contributed by atoms with E-state index >= 15 is 0 Å². The molecule has 0 radical (unpaired) electrons. The van der Waals surface area contributed by atoms with E-state index in [1.54, 1.807) is 0 Å². The lowest BCUT2D eigenvalue weighted by molar-refractivity contribution is 0.00581. The van der Waals surface area contributed by atoms with Gasteiger partial charge in [0.2, 0.25) is 0 Å². The van der Waals surface area contributed by atoms with E-state index in [-0.39, 0.29) is 11.5 Å². The summed E-state index contributed by atoms with van der Waals surface area (Å²) < 4.78 is 0. The van der Waals surface area contributed by atoms with Crippen molar-refractivity contribution in [1.29, 1.82) is 0 Å². The highest BCUT2D eigenvalue weighted by atomic mass is 35.5. The van der Waals surface area contributed by atoms with Crippen LogP contribution in [0, 0.1) is 18.3 Å². The standard InChI is InChI=1S/C17H25ClO/c1-12-7-8-13(15(18)10-12)11-16(19)14-6-4-5-9-17(14,2)3/h7-8,10,14,16,19H,4-6,9,11H2,1-3H3. The van der Waals surface area contributed by atoms with Crippen molar-refractivity contribution in [3.8, 4) is 0 Å². The van der Waals surface area contributed by atoms with Gasteiger partial charge in [0.15, 0.2) is 0 Å². The van der Waals surface area contributed by atoms with Crippen LogP contribution in [0.15, 0.2) is 18.2 Å². The maximum atomic E-state index is 10.6. The number of aliphatic hydroxyl groups excluding tert-OH is 1. The molecule has 2 rings (SSSR count). The summed E-state index contributed by atoms with van der Waals surface area (Å²) in [5, 5.41) is 11.4. The molecule has 19 heavy (non-hydrogen) atoms. The van der Waals surface area contributed by atoms with Gasteiger partial charge in [0.05, 0.1) is 6.10 Å². The first kappa shape index (κ1) is 14.9. The second kappa shape index (κ2) is 5.85. The highest BCUT2D eigenvalue weighted by Crippen LogP contribution is 2.43. The second-order valence-corrected chi connectivity index (χ2v) is 7.11. The van der Waals surface area contributed by atoms with Gasteiger partial charge < -0.3 is 5.11 Å². The van der Waals surface area contributed by atoms with Crippen molar-refractivity contribution in [2.75, 3.05) is 0 Å². The van der Waals surface area contributed by atoms with Gasteiger partial charge in [0, 0.05) is 11.4 Å². The molecule has 1 aromatic rings. The Hall–Kier alpha value is -0.530. The van der Waals surface area contributed by atoms with Crippen molar-refractivity contribution in [3.05, 3.63) is 34.3 Å². The van der Waals surface area contributed by atoms with Gasteiger partial charge in [0.1, 0.15) is 0 Å². The zero-order chi connectivity index (χ0) is 14.0. The Morgan fingerprint density at radius 1 is 1.37 bits per heavy atom. The Balaban J connectivity index is 2.09. The third-order valence-corrected chi connectivity index (χ3v) is 5.04. The monoisotopic (exact) mass is 280 g/mol. The van der Waals surface area contributed by atoms with Gasteiger partial charge in [-0.2, -0.15) is 0 Å². The van der Waals surface area contributed by atoms with Crippen LogP contribution in [-0.2, 0) is 6.42 Å². The molecule has 1 aliphatic carbocycles. The maximum absolute atomic E-state index is 10.6. The molecule has 106 valence electrons. The van der Waals surface area contributed by atoms with Gasteiger partial charge >= 0.3 is 0 Å². The van der Waals surface area contributed by atoms with Crippen LogP contribution in [0.5, 0.6) is 0 Å². The summed E-state index contributed by atoms with van der Waals surface area (Å²) >= 11 is 6.27. The summed E-state index contributed by atoms with van der Waals surface area (Å²) in [6.45, 7) is 6.62. The van der Waals surface area contributed by atoms with Crippen LogP contribution in [0.25, 0.3) is 0 Å². The molecule has 2 unspecified atom stereocenters. The van der Waals surface area contributed by atoms with Crippen molar-refractivity contribution >= 4 is 11.6 Å². The zero-order valence-corrected chi connectivity index (χ0v) is 13.0. The Kier molecular flexibility index (Phi) is 4.58. The molecule has 0 aromatic heterocycles. The van der Waals surface area contributed by atoms with Crippen LogP contribution < -0.4 is 0 Å². The van der Waals surface area contributed by atoms with Crippen LogP contribution in [0.2, 0.25) is 5.02 Å². The molecule has 0 saturated heterocycles. The molecule has 0 aliphatic heterocycles. The summed E-state index contributed by atoms with van der Waals surface area (Å²) in [4.78, 5) is 0. The fourth-order valence-corrected chi connectivity index (χ4v) is 3.73. The van der Waals surface area contributed by atoms with Crippen LogP contribution in [0.4, 0.5) is 0 Å². The van der Waals surface area contributed by atoms with Gasteiger partial charge in [-0.1, -0.05) is 50.4 Å². The molecule has 1 N–H and O–H groups in total. The predicted octanol–water partition coefficient (Wildman–Crippen LogP) is 4.77. The van der Waals surface area contributed by atoms with Crippen molar-refractivity contribution in [3.63, 3.8) is 0 Å². The largest absolute Gasteiger partial charge is 0.392 e. The van der Waals surface area contributed by atoms with Gasteiger partial charge in [-0.25, -0.2) is 0 Å². The number of halogens is 1. The van der Waals surface area contributed by atoms with Crippen LogP contribution in [-0.4, -0.2) is 11.2 Å². The van der Waals surface area contributed by atoms with Crippen molar-refractivity contribution in [2.24, 2.45) is 11.3 Å². The van der Waals surface area contributed by atoms with E-state index in [0.717, 1.165) is 17.0 Å². The fraction of sp³-hybridized carbons (Fsp3) is 0.647. The first-order valence-electron chi connectivity index (χ1n) is 7.33. The molecule has 0 heterocycles. The number of aryl methyl sites for hydroxylation is 1. The van der Waals surface area contributed by atoms with E-state index in [1.165, 1.54) is 24.8 Å². The maximum Gasteiger partial charge on any atom is 0.0614 e. The molecule has 0 amide bonds. The van der Waals surface area contributed by atoms with Gasteiger partial charge in [-0.05, 0) is 48.3 Å². The molecule has 1 nitrogen and oxygen atoms in total. The Morgan fingerprint density at radius 3 is 2.74 bits per heavy atom. The fourth-order valence-electron chi connectivity index (χ4n) is 3.42. The normalized spacial score (nSPS) is 24.2. The molecule has 1 aliphatic rings. The minimum atomic E-state index is -0.282. The van der Waals surface area contributed by atoms with Crippen LogP contribution >= 0.6 is 11.6 Å². The third-order valence-electron chi connectivity index (χ3n) is 4.69. The quantitative estimate of drug-likeness (QED) is 0.846. The number of rotatable bonds is 3. The van der Waals surface area contributed by atoms with Crippen LogP contribution in [0.1, 0.15) is 50.7 Å². The minimum Gasteiger partial charge on any atom is -0.392 e. The lowest BCUT2D eigenvalue weighted by atomic mass is 9.66. The molecular weight excluding hydrogens is 256 g/mol. The summed E-state index contributed by atoms with van der Waals surface area (Å²) in [7, 11) is 0. The summed E-state index contributed by atoms with van der Waals surface area (Å²) in [5.74, 6) is 0.388. The van der Waals surface area contributed by atoms with Crippen molar-refractivity contribution in [2.45, 2.75) is 59.0 Å². The minimum absolute atomic E-state index is 0.245. The van der Waals surface area contributed by atoms with E-state index in [1.807, 2.05) is 13.0 Å². The zero-order valence-electron chi connectivity index (χ0n) is 12.2. The molecule has 1 saturated carbocycles. The second-order valence-electron chi connectivity index (χ2n) is 6.71. The van der Waals surface area contributed by atoms with E-state index in [4.69, 9.17) is 11.6 Å². The average molecular weight is 281 g/mol. The first-order valence-corrected chi connectivity index (χ1v) is 7.71. The third kappa shape index (κ3) is 3.52. The number of hydrogen-bond donors (Lipinski definition) is 1. The topological polar surface area (TPSA) is 20.2 Å². The Bertz CT molecular complexity index is 439. The summed E-state index contributed by atoms with van der Waals surface area (Å²) in [5.41, 5.74) is 2.48. The molecule has 2 atom stereocenters. The molecular formula is C17H25ClO. The smallest absolute Gasteiger partial charge is 0.0614 e. The van der Waals surface area contributed by atoms with E-state index in [0.29, 0.717) is 12.3 Å². The molecule has 1 fully saturated rings. The lowest BCUT2D eigenvalue weighted by Crippen LogP contribution is -2.37. The van der Waals surface area contributed by atoms with E-state index in [9.17, 15) is 5.11 Å². The van der Waals surface area contributed by atoms with Crippen LogP contribution in [0.3, 0.4) is 0 Å². The van der Waals surface area contributed by atoms with Crippen molar-refractivity contribution < 1.29 is 5.11 Å². The summed E-state index contributed by atoms with van der Waals surface area (Å²) in [6.07, 6.45) is 5.28. The molecule has 0 bridgehead atoms. The highest BCUT2D eigenvalue weighted by molar-refractivity contribution is 6.31. The number of benzene rings is 1.